The lowest BCUT2D eigenvalue weighted by Gasteiger charge is -2.25. The molecule has 0 fully saturated rings. The molecule has 0 heterocycles. The topological polar surface area (TPSA) is 9.23 Å². The predicted molar refractivity (Wildman–Crippen MR) is 85.4 cm³/mol. The van der Waals surface area contributed by atoms with Crippen molar-refractivity contribution in [2.24, 2.45) is 0 Å². The Morgan fingerprint density at radius 3 is 2.10 bits per heavy atom. The third-order valence-electron chi connectivity index (χ3n) is 3.26. The largest absolute Gasteiger partial charge is 0.495 e. The molecule has 0 saturated heterocycles. The van der Waals surface area contributed by atoms with E-state index in [4.69, 9.17) is 4.74 Å². The summed E-state index contributed by atoms with van der Waals surface area (Å²) in [6.45, 7) is 6.32. The molecule has 0 aliphatic carbocycles. The fourth-order valence-corrected chi connectivity index (χ4v) is 2.15. The van der Waals surface area contributed by atoms with Crippen LogP contribution in [0.15, 0.2) is 66.9 Å². The maximum absolute atomic E-state index is 5.99. The van der Waals surface area contributed by atoms with Crippen molar-refractivity contribution >= 4 is 5.57 Å². The zero-order chi connectivity index (χ0) is 14.4. The molecule has 0 saturated carbocycles. The van der Waals surface area contributed by atoms with Crippen LogP contribution < -0.4 is 0 Å². The van der Waals surface area contributed by atoms with Crippen LogP contribution in [0.2, 0.25) is 0 Å². The van der Waals surface area contributed by atoms with Crippen LogP contribution in [0, 0.1) is 0 Å². The second-order valence-electron chi connectivity index (χ2n) is 5.71. The summed E-state index contributed by atoms with van der Waals surface area (Å²) in [4.78, 5) is 0. The van der Waals surface area contributed by atoms with E-state index in [1.54, 1.807) is 0 Å². The molecule has 0 unspecified atom stereocenters. The third-order valence-corrected chi connectivity index (χ3v) is 3.26. The van der Waals surface area contributed by atoms with Gasteiger partial charge in [0.15, 0.2) is 0 Å². The number of benzene rings is 2. The first-order valence-corrected chi connectivity index (χ1v) is 7.01. The summed E-state index contributed by atoms with van der Waals surface area (Å²) in [5.74, 6) is 0. The first-order chi connectivity index (χ1) is 9.57. The molecule has 0 amide bonds. The van der Waals surface area contributed by atoms with Gasteiger partial charge < -0.3 is 4.74 Å². The fourth-order valence-electron chi connectivity index (χ4n) is 2.15. The van der Waals surface area contributed by atoms with Gasteiger partial charge in [-0.15, -0.1) is 0 Å². The van der Waals surface area contributed by atoms with Gasteiger partial charge in [-0.25, -0.2) is 0 Å². The van der Waals surface area contributed by atoms with Crippen LogP contribution in [-0.2, 0) is 11.2 Å². The first-order valence-electron chi connectivity index (χ1n) is 7.01. The highest BCUT2D eigenvalue weighted by molar-refractivity contribution is 5.62. The van der Waals surface area contributed by atoms with Gasteiger partial charge in [0.05, 0.1) is 6.26 Å². The Bertz CT molecular complexity index is 553. The van der Waals surface area contributed by atoms with Gasteiger partial charge in [-0.1, -0.05) is 60.7 Å². The van der Waals surface area contributed by atoms with Gasteiger partial charge in [-0.05, 0) is 37.5 Å². The fraction of sp³-hybridized carbons (Fsp3) is 0.263. The lowest BCUT2D eigenvalue weighted by Crippen LogP contribution is -2.25. The second kappa shape index (κ2) is 6.42. The van der Waals surface area contributed by atoms with Gasteiger partial charge >= 0.3 is 0 Å². The van der Waals surface area contributed by atoms with E-state index in [0.717, 1.165) is 12.0 Å². The Morgan fingerprint density at radius 1 is 0.950 bits per heavy atom. The Kier molecular flexibility index (Phi) is 4.62. The van der Waals surface area contributed by atoms with Crippen LogP contribution in [0.1, 0.15) is 31.9 Å². The molecule has 20 heavy (non-hydrogen) atoms. The maximum atomic E-state index is 5.99. The van der Waals surface area contributed by atoms with E-state index in [2.05, 4.69) is 57.2 Å². The van der Waals surface area contributed by atoms with Crippen molar-refractivity contribution in [2.75, 3.05) is 0 Å². The number of ether oxygens (including phenoxy) is 1. The predicted octanol–water partition coefficient (Wildman–Crippen LogP) is 5.09. The van der Waals surface area contributed by atoms with Gasteiger partial charge in [-0.2, -0.15) is 0 Å². The number of allylic oxidation sites excluding steroid dienone is 1. The van der Waals surface area contributed by atoms with E-state index in [9.17, 15) is 0 Å². The molecule has 104 valence electrons. The smallest absolute Gasteiger partial charge is 0.107 e. The molecular formula is C19H22O. The summed E-state index contributed by atoms with van der Waals surface area (Å²) in [5, 5.41) is 0. The van der Waals surface area contributed by atoms with E-state index in [1.165, 1.54) is 11.1 Å². The van der Waals surface area contributed by atoms with Gasteiger partial charge in [0, 0.05) is 6.42 Å². The van der Waals surface area contributed by atoms with Crippen molar-refractivity contribution in [1.29, 1.82) is 0 Å². The highest BCUT2D eigenvalue weighted by atomic mass is 16.5. The average Bonchev–Trinajstić information content (AvgIpc) is 2.46. The summed E-state index contributed by atoms with van der Waals surface area (Å²) < 4.78 is 5.99. The van der Waals surface area contributed by atoms with Crippen LogP contribution in [-0.4, -0.2) is 5.60 Å². The van der Waals surface area contributed by atoms with E-state index in [0.29, 0.717) is 0 Å². The molecular weight excluding hydrogens is 244 g/mol. The summed E-state index contributed by atoms with van der Waals surface area (Å²) in [7, 11) is 0. The summed E-state index contributed by atoms with van der Waals surface area (Å²) in [5.41, 5.74) is 3.43. The SMILES string of the molecule is CC(=COC(C)(C)Cc1ccccc1)c1ccccc1. The average molecular weight is 266 g/mol. The van der Waals surface area contributed by atoms with Crippen LogP contribution in [0.4, 0.5) is 0 Å². The molecule has 0 radical (unpaired) electrons. The van der Waals surface area contributed by atoms with Gasteiger partial charge in [0.1, 0.15) is 5.60 Å². The Balaban J connectivity index is 2.01. The van der Waals surface area contributed by atoms with Crippen molar-refractivity contribution < 1.29 is 4.74 Å². The van der Waals surface area contributed by atoms with E-state index in [1.807, 2.05) is 30.5 Å². The van der Waals surface area contributed by atoms with Gasteiger partial charge in [0.25, 0.3) is 0 Å². The van der Waals surface area contributed by atoms with Crippen molar-refractivity contribution in [3.63, 3.8) is 0 Å². The molecule has 0 aliphatic heterocycles. The Hall–Kier alpha value is -2.02. The molecule has 0 spiro atoms. The normalized spacial score (nSPS) is 12.2. The van der Waals surface area contributed by atoms with Crippen molar-refractivity contribution in [3.8, 4) is 0 Å². The maximum Gasteiger partial charge on any atom is 0.107 e. The molecule has 0 aromatic heterocycles. The van der Waals surface area contributed by atoms with Crippen LogP contribution in [0.5, 0.6) is 0 Å². The molecule has 0 N–H and O–H groups in total. The minimum atomic E-state index is -0.211. The molecule has 1 heteroatoms. The zero-order valence-corrected chi connectivity index (χ0v) is 12.5. The van der Waals surface area contributed by atoms with Crippen LogP contribution in [0.3, 0.4) is 0 Å². The van der Waals surface area contributed by atoms with Crippen LogP contribution in [0.25, 0.3) is 5.57 Å². The standard InChI is InChI=1S/C19H22O/c1-16(18-12-8-5-9-13-18)15-20-19(2,3)14-17-10-6-4-7-11-17/h4-13,15H,14H2,1-3H3. The molecule has 0 aliphatic rings. The van der Waals surface area contributed by atoms with Gasteiger partial charge in [-0.3, -0.25) is 0 Å². The van der Waals surface area contributed by atoms with Crippen molar-refractivity contribution in [1.82, 2.24) is 0 Å². The summed E-state index contributed by atoms with van der Waals surface area (Å²) in [6.07, 6.45) is 2.77. The quantitative estimate of drug-likeness (QED) is 0.685. The number of rotatable bonds is 5. The molecule has 0 atom stereocenters. The lowest BCUT2D eigenvalue weighted by atomic mass is 9.98. The highest BCUT2D eigenvalue weighted by Crippen LogP contribution is 2.20. The minimum absolute atomic E-state index is 0.211. The second-order valence-corrected chi connectivity index (χ2v) is 5.71. The molecule has 1 nitrogen and oxygen atoms in total. The van der Waals surface area contributed by atoms with Crippen molar-refractivity contribution in [2.45, 2.75) is 32.8 Å². The molecule has 2 aromatic carbocycles. The monoisotopic (exact) mass is 266 g/mol. The van der Waals surface area contributed by atoms with Crippen LogP contribution >= 0.6 is 0 Å². The van der Waals surface area contributed by atoms with E-state index >= 15 is 0 Å². The molecule has 2 aromatic rings. The Labute approximate surface area is 121 Å². The number of hydrogen-bond donors (Lipinski definition) is 0. The van der Waals surface area contributed by atoms with E-state index < -0.39 is 0 Å². The number of hydrogen-bond acceptors (Lipinski definition) is 1. The first kappa shape index (κ1) is 14.4. The van der Waals surface area contributed by atoms with Crippen molar-refractivity contribution in [3.05, 3.63) is 78.1 Å². The summed E-state index contributed by atoms with van der Waals surface area (Å²) in [6, 6.07) is 20.8. The molecule has 0 bridgehead atoms. The lowest BCUT2D eigenvalue weighted by molar-refractivity contribution is 0.0590. The third kappa shape index (κ3) is 4.27. The Morgan fingerprint density at radius 2 is 1.50 bits per heavy atom. The highest BCUT2D eigenvalue weighted by Gasteiger charge is 2.18. The van der Waals surface area contributed by atoms with Gasteiger partial charge in [0.2, 0.25) is 0 Å². The minimum Gasteiger partial charge on any atom is -0.495 e. The zero-order valence-electron chi connectivity index (χ0n) is 12.5. The molecule has 2 rings (SSSR count). The summed E-state index contributed by atoms with van der Waals surface area (Å²) >= 11 is 0. The van der Waals surface area contributed by atoms with E-state index in [-0.39, 0.29) is 5.60 Å².